The minimum atomic E-state index is 0. The molecule has 0 aliphatic carbocycles. The van der Waals surface area contributed by atoms with E-state index in [9.17, 15) is 0 Å². The molecule has 0 saturated heterocycles. The lowest BCUT2D eigenvalue weighted by Crippen LogP contribution is -2.11. The highest BCUT2D eigenvalue weighted by Crippen LogP contribution is 1.66. The summed E-state index contributed by atoms with van der Waals surface area (Å²) in [5.41, 5.74) is 5.12. The van der Waals surface area contributed by atoms with Gasteiger partial charge in [0.15, 0.2) is 0 Å². The first-order valence-corrected chi connectivity index (χ1v) is 2.58. The Morgan fingerprint density at radius 1 is 1.33 bits per heavy atom. The van der Waals surface area contributed by atoms with Gasteiger partial charge in [-0.25, -0.2) is 0 Å². The molecule has 54 valence electrons. The molecule has 0 aliphatic rings. The number of halogens is 1. The highest BCUT2D eigenvalue weighted by molar-refractivity contribution is 5.85. The van der Waals surface area contributed by atoms with Gasteiger partial charge in [-0.3, -0.25) is 4.90 Å². The van der Waals surface area contributed by atoms with Crippen LogP contribution in [0.4, 0.5) is 0 Å². The Labute approximate surface area is 62.8 Å². The van der Waals surface area contributed by atoms with Gasteiger partial charge in [0.2, 0.25) is 0 Å². The predicted octanol–water partition coefficient (Wildman–Crippen LogP) is -0.0681. The standard InChI is InChI=1S/C6H12N2.ClH/c1-8(2)6-4-3-5-7;/h5-7H2,1-2H3;1H. The Hall–Kier alpha value is -0.230. The second-order valence-corrected chi connectivity index (χ2v) is 1.80. The molecule has 0 radical (unpaired) electrons. The fourth-order valence-electron chi connectivity index (χ4n) is 0.286. The topological polar surface area (TPSA) is 29.3 Å². The third-order valence-electron chi connectivity index (χ3n) is 0.622. The molecular weight excluding hydrogens is 136 g/mol. The van der Waals surface area contributed by atoms with Gasteiger partial charge < -0.3 is 5.73 Å². The van der Waals surface area contributed by atoms with Crippen LogP contribution in [0.3, 0.4) is 0 Å². The van der Waals surface area contributed by atoms with Gasteiger partial charge in [0, 0.05) is 0 Å². The van der Waals surface area contributed by atoms with Gasteiger partial charge in [-0.15, -0.1) is 12.4 Å². The van der Waals surface area contributed by atoms with Crippen LogP contribution in [-0.4, -0.2) is 32.1 Å². The van der Waals surface area contributed by atoms with E-state index >= 15 is 0 Å². The molecule has 0 aromatic rings. The molecule has 0 aliphatic heterocycles. The van der Waals surface area contributed by atoms with Gasteiger partial charge in [0.25, 0.3) is 0 Å². The van der Waals surface area contributed by atoms with E-state index < -0.39 is 0 Å². The third-order valence-corrected chi connectivity index (χ3v) is 0.622. The molecule has 0 aromatic heterocycles. The smallest absolute Gasteiger partial charge is 0.0597 e. The molecule has 0 aromatic carbocycles. The van der Waals surface area contributed by atoms with E-state index in [1.807, 2.05) is 19.0 Å². The fraction of sp³-hybridized carbons (Fsp3) is 0.667. The van der Waals surface area contributed by atoms with Crippen molar-refractivity contribution in [2.24, 2.45) is 5.73 Å². The molecule has 0 unspecified atom stereocenters. The van der Waals surface area contributed by atoms with Crippen molar-refractivity contribution in [3.63, 3.8) is 0 Å². The van der Waals surface area contributed by atoms with Crippen molar-refractivity contribution in [1.29, 1.82) is 0 Å². The van der Waals surface area contributed by atoms with Crippen LogP contribution in [-0.2, 0) is 0 Å². The molecule has 0 saturated carbocycles. The van der Waals surface area contributed by atoms with Crippen molar-refractivity contribution >= 4 is 12.4 Å². The van der Waals surface area contributed by atoms with E-state index in [4.69, 9.17) is 5.73 Å². The van der Waals surface area contributed by atoms with Crippen LogP contribution in [0.2, 0.25) is 0 Å². The van der Waals surface area contributed by atoms with Crippen LogP contribution < -0.4 is 5.73 Å². The van der Waals surface area contributed by atoms with E-state index in [0.29, 0.717) is 6.54 Å². The SMILES string of the molecule is CN(C)CC#CCN.Cl. The van der Waals surface area contributed by atoms with Gasteiger partial charge in [-0.05, 0) is 14.1 Å². The molecule has 3 heteroatoms. The minimum absolute atomic E-state index is 0. The summed E-state index contributed by atoms with van der Waals surface area (Å²) in [5, 5.41) is 0. The highest BCUT2D eigenvalue weighted by atomic mass is 35.5. The summed E-state index contributed by atoms with van der Waals surface area (Å²) in [5.74, 6) is 5.65. The Bertz CT molecular complexity index is 101. The Kier molecular flexibility index (Phi) is 9.97. The first-order chi connectivity index (χ1) is 3.77. The maximum atomic E-state index is 5.12. The predicted molar refractivity (Wildman–Crippen MR) is 42.6 cm³/mol. The van der Waals surface area contributed by atoms with Crippen LogP contribution in [0.5, 0.6) is 0 Å². The lowest BCUT2D eigenvalue weighted by atomic mass is 10.5. The van der Waals surface area contributed by atoms with Crippen molar-refractivity contribution in [3.8, 4) is 11.8 Å². The molecule has 0 rings (SSSR count). The van der Waals surface area contributed by atoms with Gasteiger partial charge in [-0.2, -0.15) is 0 Å². The van der Waals surface area contributed by atoms with E-state index in [-0.39, 0.29) is 12.4 Å². The van der Waals surface area contributed by atoms with Gasteiger partial charge in [0.1, 0.15) is 0 Å². The number of rotatable bonds is 1. The molecule has 0 spiro atoms. The number of hydrogen-bond donors (Lipinski definition) is 1. The molecule has 0 bridgehead atoms. The second kappa shape index (κ2) is 7.77. The zero-order valence-corrected chi connectivity index (χ0v) is 6.66. The number of nitrogens with two attached hydrogens (primary N) is 1. The summed E-state index contributed by atoms with van der Waals surface area (Å²) in [6.07, 6.45) is 0. The van der Waals surface area contributed by atoms with E-state index in [1.54, 1.807) is 0 Å². The molecular formula is C6H13ClN2. The zero-order valence-electron chi connectivity index (χ0n) is 5.85. The largest absolute Gasteiger partial charge is 0.320 e. The Morgan fingerprint density at radius 3 is 2.22 bits per heavy atom. The van der Waals surface area contributed by atoms with E-state index in [1.165, 1.54) is 0 Å². The molecule has 2 N–H and O–H groups in total. The maximum Gasteiger partial charge on any atom is 0.0597 e. The third kappa shape index (κ3) is 11.4. The highest BCUT2D eigenvalue weighted by Gasteiger charge is 1.77. The summed E-state index contributed by atoms with van der Waals surface area (Å²) < 4.78 is 0. The van der Waals surface area contributed by atoms with Crippen LogP contribution in [0.25, 0.3) is 0 Å². The summed E-state index contributed by atoms with van der Waals surface area (Å²) in [7, 11) is 3.95. The normalized spacial score (nSPS) is 7.56. The van der Waals surface area contributed by atoms with Crippen molar-refractivity contribution in [1.82, 2.24) is 4.90 Å². The van der Waals surface area contributed by atoms with Gasteiger partial charge in [-0.1, -0.05) is 11.8 Å². The molecule has 0 atom stereocenters. The molecule has 9 heavy (non-hydrogen) atoms. The van der Waals surface area contributed by atoms with Crippen LogP contribution >= 0.6 is 12.4 Å². The van der Waals surface area contributed by atoms with Crippen LogP contribution in [0.1, 0.15) is 0 Å². The molecule has 0 heterocycles. The summed E-state index contributed by atoms with van der Waals surface area (Å²) >= 11 is 0. The van der Waals surface area contributed by atoms with Crippen molar-refractivity contribution in [2.45, 2.75) is 0 Å². The molecule has 0 fully saturated rings. The lowest BCUT2D eigenvalue weighted by molar-refractivity contribution is 0.464. The Morgan fingerprint density at radius 2 is 1.89 bits per heavy atom. The van der Waals surface area contributed by atoms with Crippen LogP contribution in [0.15, 0.2) is 0 Å². The first-order valence-electron chi connectivity index (χ1n) is 2.58. The number of nitrogens with zero attached hydrogens (tertiary/aromatic N) is 1. The van der Waals surface area contributed by atoms with Crippen molar-refractivity contribution in [2.75, 3.05) is 27.2 Å². The average Bonchev–Trinajstić information content (AvgIpc) is 1.66. The summed E-state index contributed by atoms with van der Waals surface area (Å²) in [6.45, 7) is 1.27. The zero-order chi connectivity index (χ0) is 6.41. The first kappa shape index (κ1) is 11.6. The summed E-state index contributed by atoms with van der Waals surface area (Å²) in [6, 6.07) is 0. The maximum absolute atomic E-state index is 5.12. The van der Waals surface area contributed by atoms with E-state index in [2.05, 4.69) is 11.8 Å². The van der Waals surface area contributed by atoms with Crippen LogP contribution in [0, 0.1) is 11.8 Å². The molecule has 2 nitrogen and oxygen atoms in total. The fourth-order valence-corrected chi connectivity index (χ4v) is 0.286. The van der Waals surface area contributed by atoms with E-state index in [0.717, 1.165) is 6.54 Å². The number of hydrogen-bond acceptors (Lipinski definition) is 2. The second-order valence-electron chi connectivity index (χ2n) is 1.80. The lowest BCUT2D eigenvalue weighted by Gasteiger charge is -2.00. The minimum Gasteiger partial charge on any atom is -0.320 e. The van der Waals surface area contributed by atoms with Gasteiger partial charge in [0.05, 0.1) is 13.1 Å². The quantitative estimate of drug-likeness (QED) is 0.528. The summed E-state index contributed by atoms with van der Waals surface area (Å²) in [4.78, 5) is 2.00. The monoisotopic (exact) mass is 148 g/mol. The van der Waals surface area contributed by atoms with Crippen molar-refractivity contribution in [3.05, 3.63) is 0 Å². The molecule has 0 amide bonds. The van der Waals surface area contributed by atoms with Gasteiger partial charge >= 0.3 is 0 Å². The average molecular weight is 149 g/mol. The van der Waals surface area contributed by atoms with Crippen molar-refractivity contribution < 1.29 is 0 Å². The Balaban J connectivity index is 0.